The fourth-order valence-corrected chi connectivity index (χ4v) is 2.54. The van der Waals surface area contributed by atoms with Crippen LogP contribution in [-0.2, 0) is 0 Å². The zero-order valence-electron chi connectivity index (χ0n) is 12.6. The van der Waals surface area contributed by atoms with Gasteiger partial charge in [-0.2, -0.15) is 0 Å². The monoisotopic (exact) mass is 322 g/mol. The summed E-state index contributed by atoms with van der Waals surface area (Å²) in [5, 5.41) is 3.29. The van der Waals surface area contributed by atoms with E-state index in [-0.39, 0.29) is 5.91 Å². The van der Waals surface area contributed by atoms with Crippen molar-refractivity contribution in [2.24, 2.45) is 0 Å². The molecule has 1 aromatic heterocycles. The molecule has 0 radical (unpaired) electrons. The topological polar surface area (TPSA) is 42.0 Å². The number of aromatic nitrogens is 1. The second-order valence-corrected chi connectivity index (χ2v) is 5.60. The van der Waals surface area contributed by atoms with Gasteiger partial charge in [-0.25, -0.2) is 0 Å². The molecular weight excluding hydrogens is 308 g/mol. The molecule has 0 aliphatic heterocycles. The summed E-state index contributed by atoms with van der Waals surface area (Å²) in [6.07, 6.45) is 1.79. The lowest BCUT2D eigenvalue weighted by molar-refractivity contribution is 0.102. The van der Waals surface area contributed by atoms with Crippen molar-refractivity contribution in [3.05, 3.63) is 83.1 Å². The maximum atomic E-state index is 12.2. The Bertz CT molecular complexity index is 844. The zero-order chi connectivity index (χ0) is 16.2. The number of hydrogen-bond acceptors (Lipinski definition) is 2. The van der Waals surface area contributed by atoms with Crippen LogP contribution in [0.4, 0.5) is 5.69 Å². The summed E-state index contributed by atoms with van der Waals surface area (Å²) >= 11 is 6.04. The number of carbonyl (C=O) groups is 1. The number of aryl methyl sites for hydroxylation is 1. The zero-order valence-corrected chi connectivity index (χ0v) is 13.3. The highest BCUT2D eigenvalue weighted by Gasteiger charge is 2.09. The van der Waals surface area contributed by atoms with E-state index in [2.05, 4.69) is 10.3 Å². The van der Waals surface area contributed by atoms with Crippen molar-refractivity contribution >= 4 is 23.2 Å². The molecule has 114 valence electrons. The molecule has 0 aliphatic rings. The summed E-state index contributed by atoms with van der Waals surface area (Å²) in [6, 6.07) is 18.7. The van der Waals surface area contributed by atoms with Crippen LogP contribution in [0.1, 0.15) is 16.1 Å². The van der Waals surface area contributed by atoms with E-state index >= 15 is 0 Å². The Morgan fingerprint density at radius 3 is 2.43 bits per heavy atom. The molecule has 0 bridgehead atoms. The smallest absolute Gasteiger partial charge is 0.257 e. The minimum Gasteiger partial charge on any atom is -0.322 e. The van der Waals surface area contributed by atoms with Crippen molar-refractivity contribution in [3.63, 3.8) is 0 Å². The predicted molar refractivity (Wildman–Crippen MR) is 93.8 cm³/mol. The number of nitrogens with zero attached hydrogens (tertiary/aromatic N) is 1. The second kappa shape index (κ2) is 6.63. The van der Waals surface area contributed by atoms with E-state index < -0.39 is 0 Å². The summed E-state index contributed by atoms with van der Waals surface area (Å²) in [5.74, 6) is -0.219. The number of amides is 1. The van der Waals surface area contributed by atoms with Gasteiger partial charge in [-0.15, -0.1) is 0 Å². The highest BCUT2D eigenvalue weighted by Crippen LogP contribution is 2.22. The Kier molecular flexibility index (Phi) is 4.40. The van der Waals surface area contributed by atoms with Gasteiger partial charge in [0.25, 0.3) is 5.91 Å². The summed E-state index contributed by atoms with van der Waals surface area (Å²) in [4.78, 5) is 16.4. The molecule has 0 spiro atoms. The molecule has 0 saturated heterocycles. The first-order valence-electron chi connectivity index (χ1n) is 7.22. The molecule has 1 heterocycles. The van der Waals surface area contributed by atoms with Crippen LogP contribution in [0.2, 0.25) is 5.02 Å². The Morgan fingerprint density at radius 1 is 1.00 bits per heavy atom. The van der Waals surface area contributed by atoms with E-state index in [9.17, 15) is 4.79 Å². The van der Waals surface area contributed by atoms with Gasteiger partial charge >= 0.3 is 0 Å². The number of rotatable bonds is 3. The van der Waals surface area contributed by atoms with Crippen LogP contribution in [0, 0.1) is 6.92 Å². The first-order valence-corrected chi connectivity index (χ1v) is 7.60. The number of benzene rings is 2. The predicted octanol–water partition coefficient (Wildman–Crippen LogP) is 4.96. The summed E-state index contributed by atoms with van der Waals surface area (Å²) in [7, 11) is 0. The number of carbonyl (C=O) groups excluding carboxylic acids is 1. The van der Waals surface area contributed by atoms with Crippen molar-refractivity contribution in [1.29, 1.82) is 0 Å². The van der Waals surface area contributed by atoms with Gasteiger partial charge in [0.2, 0.25) is 0 Å². The molecule has 3 nitrogen and oxygen atoms in total. The third-order valence-electron chi connectivity index (χ3n) is 3.49. The van der Waals surface area contributed by atoms with Crippen LogP contribution in [0.15, 0.2) is 66.9 Å². The summed E-state index contributed by atoms with van der Waals surface area (Å²) in [5.41, 5.74) is 4.33. The molecule has 2 aromatic carbocycles. The molecule has 0 saturated carbocycles. The van der Waals surface area contributed by atoms with E-state index in [1.54, 1.807) is 30.5 Å². The van der Waals surface area contributed by atoms with Crippen molar-refractivity contribution in [3.8, 4) is 11.1 Å². The fourth-order valence-electron chi connectivity index (χ4n) is 2.31. The number of anilines is 1. The van der Waals surface area contributed by atoms with Crippen molar-refractivity contribution in [2.45, 2.75) is 6.92 Å². The lowest BCUT2D eigenvalue weighted by atomic mass is 10.1. The Balaban J connectivity index is 1.78. The third kappa shape index (κ3) is 3.58. The van der Waals surface area contributed by atoms with Gasteiger partial charge in [0.1, 0.15) is 0 Å². The molecule has 3 rings (SSSR count). The largest absolute Gasteiger partial charge is 0.322 e. The van der Waals surface area contributed by atoms with E-state index in [1.807, 2.05) is 43.3 Å². The number of pyridine rings is 1. The summed E-state index contributed by atoms with van der Waals surface area (Å²) in [6.45, 7) is 1.96. The molecule has 0 atom stereocenters. The normalized spacial score (nSPS) is 10.3. The number of nitrogens with one attached hydrogen (secondary N) is 1. The van der Waals surface area contributed by atoms with Crippen molar-refractivity contribution < 1.29 is 4.79 Å². The molecule has 1 amide bonds. The molecule has 4 heteroatoms. The first kappa shape index (κ1) is 15.3. The van der Waals surface area contributed by atoms with Crippen LogP contribution >= 0.6 is 11.6 Å². The Morgan fingerprint density at radius 2 is 1.74 bits per heavy atom. The molecular formula is C19H15ClN2O. The average Bonchev–Trinajstić information content (AvgIpc) is 2.56. The van der Waals surface area contributed by atoms with Gasteiger partial charge < -0.3 is 5.32 Å². The third-order valence-corrected chi connectivity index (χ3v) is 3.82. The quantitative estimate of drug-likeness (QED) is 0.740. The van der Waals surface area contributed by atoms with Gasteiger partial charge in [-0.1, -0.05) is 35.9 Å². The van der Waals surface area contributed by atoms with Crippen LogP contribution in [-0.4, -0.2) is 10.9 Å². The fraction of sp³-hybridized carbons (Fsp3) is 0.0526. The molecule has 0 unspecified atom stereocenters. The van der Waals surface area contributed by atoms with E-state index in [4.69, 9.17) is 11.6 Å². The van der Waals surface area contributed by atoms with E-state index in [0.29, 0.717) is 10.6 Å². The van der Waals surface area contributed by atoms with Crippen molar-refractivity contribution in [2.75, 3.05) is 5.32 Å². The highest BCUT2D eigenvalue weighted by atomic mass is 35.5. The highest BCUT2D eigenvalue weighted by molar-refractivity contribution is 6.34. The second-order valence-electron chi connectivity index (χ2n) is 5.20. The SMILES string of the molecule is Cc1cc(-c2ccc(NC(=O)c3ccccc3Cl)cc2)ccn1. The maximum Gasteiger partial charge on any atom is 0.257 e. The maximum absolute atomic E-state index is 12.2. The number of hydrogen-bond donors (Lipinski definition) is 1. The minimum atomic E-state index is -0.219. The first-order chi connectivity index (χ1) is 11.1. The molecule has 23 heavy (non-hydrogen) atoms. The molecule has 0 aliphatic carbocycles. The van der Waals surface area contributed by atoms with E-state index in [1.165, 1.54) is 0 Å². The van der Waals surface area contributed by atoms with Crippen molar-refractivity contribution in [1.82, 2.24) is 4.98 Å². The van der Waals surface area contributed by atoms with E-state index in [0.717, 1.165) is 22.5 Å². The van der Waals surface area contributed by atoms with Crippen LogP contribution in [0.5, 0.6) is 0 Å². The minimum absolute atomic E-state index is 0.219. The Labute approximate surface area is 140 Å². The van der Waals surface area contributed by atoms with Crippen LogP contribution in [0.25, 0.3) is 11.1 Å². The Hall–Kier alpha value is -2.65. The van der Waals surface area contributed by atoms with Crippen LogP contribution < -0.4 is 5.32 Å². The standard InChI is InChI=1S/C19H15ClN2O/c1-13-12-15(10-11-21-13)14-6-8-16(9-7-14)22-19(23)17-4-2-3-5-18(17)20/h2-12H,1H3,(H,22,23). The average molecular weight is 323 g/mol. The summed E-state index contributed by atoms with van der Waals surface area (Å²) < 4.78 is 0. The molecule has 0 fully saturated rings. The molecule has 3 aromatic rings. The van der Waals surface area contributed by atoms with Crippen LogP contribution in [0.3, 0.4) is 0 Å². The lowest BCUT2D eigenvalue weighted by Crippen LogP contribution is -2.12. The number of halogens is 1. The van der Waals surface area contributed by atoms with Gasteiger partial charge in [-0.3, -0.25) is 9.78 Å². The van der Waals surface area contributed by atoms with Gasteiger partial charge in [0.05, 0.1) is 10.6 Å². The lowest BCUT2D eigenvalue weighted by Gasteiger charge is -2.08. The van der Waals surface area contributed by atoms with Gasteiger partial charge in [-0.05, 0) is 54.4 Å². The molecule has 1 N–H and O–H groups in total. The van der Waals surface area contributed by atoms with Gasteiger partial charge in [0.15, 0.2) is 0 Å². The van der Waals surface area contributed by atoms with Gasteiger partial charge in [0, 0.05) is 17.6 Å².